The Morgan fingerprint density at radius 3 is 2.38 bits per heavy atom. The van der Waals surface area contributed by atoms with E-state index in [-0.39, 0.29) is 11.6 Å². The summed E-state index contributed by atoms with van der Waals surface area (Å²) in [5, 5.41) is 2.31. The minimum absolute atomic E-state index is 0.119. The first-order chi connectivity index (χ1) is 15.3. The molecule has 160 valence electrons. The van der Waals surface area contributed by atoms with Crippen LogP contribution < -0.4 is 10.3 Å². The summed E-state index contributed by atoms with van der Waals surface area (Å²) in [4.78, 5) is 25.4. The lowest BCUT2D eigenvalue weighted by Crippen LogP contribution is -2.22. The topological polar surface area (TPSA) is 57.0 Å². The van der Waals surface area contributed by atoms with Crippen molar-refractivity contribution in [1.29, 1.82) is 0 Å². The van der Waals surface area contributed by atoms with Gasteiger partial charge in [-0.15, -0.1) is 11.3 Å². The summed E-state index contributed by atoms with van der Waals surface area (Å²) < 4.78 is 7.55. The Labute approximate surface area is 197 Å². The van der Waals surface area contributed by atoms with Gasteiger partial charge in [0.25, 0.3) is 5.56 Å². The number of aromatic nitrogens is 3. The molecule has 8 heteroatoms. The monoisotopic (exact) mass is 481 g/mol. The second-order valence-electron chi connectivity index (χ2n) is 7.43. The van der Waals surface area contributed by atoms with Gasteiger partial charge in [0.2, 0.25) is 0 Å². The van der Waals surface area contributed by atoms with Gasteiger partial charge in [0, 0.05) is 15.3 Å². The van der Waals surface area contributed by atoms with Crippen LogP contribution in [0.5, 0.6) is 11.8 Å². The number of fused-ring (bicyclic) bond motifs is 3. The van der Waals surface area contributed by atoms with E-state index in [1.807, 2.05) is 32.9 Å². The molecule has 0 fully saturated rings. The maximum Gasteiger partial charge on any atom is 0.310 e. The number of hydrogen-bond donors (Lipinski definition) is 0. The van der Waals surface area contributed by atoms with Gasteiger partial charge in [-0.2, -0.15) is 4.98 Å². The maximum absolute atomic E-state index is 13.8. The van der Waals surface area contributed by atoms with Crippen LogP contribution in [0.2, 0.25) is 10.0 Å². The average molecular weight is 482 g/mol. The van der Waals surface area contributed by atoms with Crippen LogP contribution in [0.25, 0.3) is 26.8 Å². The van der Waals surface area contributed by atoms with Crippen LogP contribution in [-0.4, -0.2) is 14.5 Å². The van der Waals surface area contributed by atoms with E-state index >= 15 is 0 Å². The molecule has 32 heavy (non-hydrogen) atoms. The molecule has 0 atom stereocenters. The van der Waals surface area contributed by atoms with Crippen molar-refractivity contribution in [1.82, 2.24) is 14.5 Å². The van der Waals surface area contributed by atoms with E-state index < -0.39 is 0 Å². The quantitative estimate of drug-likeness (QED) is 0.277. The molecule has 0 radical (unpaired) electrons. The first-order valence-corrected chi connectivity index (χ1v) is 11.4. The van der Waals surface area contributed by atoms with Crippen molar-refractivity contribution in [2.45, 2.75) is 20.8 Å². The summed E-state index contributed by atoms with van der Waals surface area (Å²) in [5.41, 5.74) is 2.57. The number of rotatable bonds is 3. The molecule has 3 aromatic heterocycles. The summed E-state index contributed by atoms with van der Waals surface area (Å²) >= 11 is 14.0. The van der Waals surface area contributed by atoms with Gasteiger partial charge in [-0.05, 0) is 62.7 Å². The Morgan fingerprint density at radius 1 is 0.938 bits per heavy atom. The molecule has 3 heterocycles. The van der Waals surface area contributed by atoms with Crippen molar-refractivity contribution in [2.24, 2.45) is 0 Å². The third-order valence-corrected chi connectivity index (χ3v) is 7.08. The zero-order valence-corrected chi connectivity index (χ0v) is 19.8. The molecule has 5 rings (SSSR count). The van der Waals surface area contributed by atoms with Gasteiger partial charge in [-0.25, -0.2) is 9.55 Å². The summed E-state index contributed by atoms with van der Waals surface area (Å²) in [5.74, 6) is 0.406. The van der Waals surface area contributed by atoms with E-state index in [1.165, 1.54) is 4.57 Å². The van der Waals surface area contributed by atoms with Crippen LogP contribution in [0.4, 0.5) is 0 Å². The largest absolute Gasteiger partial charge is 0.424 e. The number of thiophene rings is 1. The van der Waals surface area contributed by atoms with Gasteiger partial charge >= 0.3 is 6.01 Å². The fraction of sp³-hybridized carbons (Fsp3) is 0.125. The predicted molar refractivity (Wildman–Crippen MR) is 131 cm³/mol. The van der Waals surface area contributed by atoms with Crippen molar-refractivity contribution in [3.8, 4) is 17.4 Å². The number of para-hydroxylation sites is 1. The van der Waals surface area contributed by atoms with Crippen molar-refractivity contribution >= 4 is 55.7 Å². The second-order valence-corrected chi connectivity index (χ2v) is 9.47. The van der Waals surface area contributed by atoms with E-state index in [2.05, 4.69) is 0 Å². The molecule has 0 amide bonds. The molecule has 0 bridgehead atoms. The second kappa shape index (κ2) is 7.89. The predicted octanol–water partition coefficient (Wildman–Crippen LogP) is 7.02. The molecular formula is C24H17Cl2N3O2S. The van der Waals surface area contributed by atoms with Crippen LogP contribution in [0, 0.1) is 20.8 Å². The molecule has 0 aliphatic heterocycles. The number of ether oxygens (including phenoxy) is 1. The first-order valence-electron chi connectivity index (χ1n) is 9.86. The molecule has 0 aliphatic carbocycles. The number of benzene rings is 2. The Bertz CT molecular complexity index is 1570. The first kappa shape index (κ1) is 20.9. The Balaban J connectivity index is 1.91. The van der Waals surface area contributed by atoms with Gasteiger partial charge in [0.1, 0.15) is 10.6 Å². The van der Waals surface area contributed by atoms with Crippen LogP contribution in [0.1, 0.15) is 16.1 Å². The Hall–Kier alpha value is -2.93. The van der Waals surface area contributed by atoms with Crippen molar-refractivity contribution in [2.75, 3.05) is 0 Å². The fourth-order valence-corrected chi connectivity index (χ4v) is 5.08. The lowest BCUT2D eigenvalue weighted by Gasteiger charge is -2.15. The van der Waals surface area contributed by atoms with Gasteiger partial charge in [-0.3, -0.25) is 4.79 Å². The summed E-state index contributed by atoms with van der Waals surface area (Å²) in [7, 11) is 0. The maximum atomic E-state index is 13.8. The molecule has 5 nitrogen and oxygen atoms in total. The van der Waals surface area contributed by atoms with Crippen LogP contribution in [0.3, 0.4) is 0 Å². The lowest BCUT2D eigenvalue weighted by atomic mass is 10.1. The molecule has 0 unspecified atom stereocenters. The highest BCUT2D eigenvalue weighted by molar-refractivity contribution is 7.18. The van der Waals surface area contributed by atoms with Gasteiger partial charge < -0.3 is 4.74 Å². The molecule has 0 spiro atoms. The number of pyridine rings is 1. The van der Waals surface area contributed by atoms with Gasteiger partial charge in [0.15, 0.2) is 0 Å². The van der Waals surface area contributed by atoms with E-state index in [1.54, 1.807) is 47.7 Å². The molecular weight excluding hydrogens is 465 g/mol. The molecule has 0 N–H and O–H groups in total. The van der Waals surface area contributed by atoms with Crippen LogP contribution in [0.15, 0.2) is 53.3 Å². The third kappa shape index (κ3) is 3.35. The van der Waals surface area contributed by atoms with E-state index in [0.717, 1.165) is 20.7 Å². The Morgan fingerprint density at radius 2 is 1.66 bits per heavy atom. The van der Waals surface area contributed by atoms with E-state index in [9.17, 15) is 4.79 Å². The van der Waals surface area contributed by atoms with Crippen LogP contribution in [-0.2, 0) is 0 Å². The summed E-state index contributed by atoms with van der Waals surface area (Å²) in [6.07, 6.45) is 0. The highest BCUT2D eigenvalue weighted by Crippen LogP contribution is 2.36. The zero-order valence-electron chi connectivity index (χ0n) is 17.4. The minimum Gasteiger partial charge on any atom is -0.424 e. The van der Waals surface area contributed by atoms with Gasteiger partial charge in [0.05, 0.1) is 27.3 Å². The highest BCUT2D eigenvalue weighted by atomic mass is 35.5. The molecule has 5 aromatic rings. The lowest BCUT2D eigenvalue weighted by molar-refractivity contribution is 0.427. The summed E-state index contributed by atoms with van der Waals surface area (Å²) in [6.45, 7) is 5.89. The number of nitrogens with zero attached hydrogens (tertiary/aromatic N) is 3. The highest BCUT2D eigenvalue weighted by Gasteiger charge is 2.22. The standard InChI is InChI=1S/C24H17Cl2N3O2S/c1-12-14(3)32-22-19(12)21-20(13(2)27-22)23(30)29(16-10-8-15(25)9-11-16)24(28-21)31-18-7-5-4-6-17(18)26/h4-11H,1-3H3. The Kier molecular flexibility index (Phi) is 5.16. The molecule has 0 aliphatic rings. The van der Waals surface area contributed by atoms with Crippen molar-refractivity contribution in [3.63, 3.8) is 0 Å². The fourth-order valence-electron chi connectivity index (χ4n) is 3.70. The number of aryl methyl sites for hydroxylation is 3. The smallest absolute Gasteiger partial charge is 0.310 e. The average Bonchev–Trinajstić information content (AvgIpc) is 3.04. The normalized spacial score (nSPS) is 11.4. The van der Waals surface area contributed by atoms with Crippen molar-refractivity contribution < 1.29 is 4.74 Å². The number of hydrogen-bond acceptors (Lipinski definition) is 5. The zero-order chi connectivity index (χ0) is 22.6. The SMILES string of the molecule is Cc1sc2nc(C)c3c(=O)n(-c4ccc(Cl)cc4)c(Oc4ccccc4Cl)nc3c2c1C. The van der Waals surface area contributed by atoms with Gasteiger partial charge in [-0.1, -0.05) is 35.3 Å². The molecule has 0 saturated heterocycles. The van der Waals surface area contributed by atoms with Crippen molar-refractivity contribution in [3.05, 3.63) is 85.1 Å². The van der Waals surface area contributed by atoms with E-state index in [0.29, 0.717) is 38.1 Å². The molecule has 2 aromatic carbocycles. The number of halogens is 2. The molecule has 0 saturated carbocycles. The van der Waals surface area contributed by atoms with E-state index in [4.69, 9.17) is 37.9 Å². The summed E-state index contributed by atoms with van der Waals surface area (Å²) in [6, 6.07) is 14.1. The third-order valence-electron chi connectivity index (χ3n) is 5.41. The van der Waals surface area contributed by atoms with Crippen LogP contribution >= 0.6 is 34.5 Å². The minimum atomic E-state index is -0.269.